The summed E-state index contributed by atoms with van der Waals surface area (Å²) in [4.78, 5) is 7.71. The molecule has 0 aliphatic rings. The zero-order valence-electron chi connectivity index (χ0n) is 7.98. The van der Waals surface area contributed by atoms with E-state index in [2.05, 4.69) is 20.4 Å². The third-order valence-corrected chi connectivity index (χ3v) is 2.00. The molecule has 0 spiro atoms. The van der Waals surface area contributed by atoms with Crippen molar-refractivity contribution in [3.05, 3.63) is 23.5 Å². The molecule has 2 heterocycles. The molecule has 78 valence electrons. The fourth-order valence-electron chi connectivity index (χ4n) is 1.07. The van der Waals surface area contributed by atoms with Crippen LogP contribution in [0.1, 0.15) is 0 Å². The van der Waals surface area contributed by atoms with Gasteiger partial charge in [0.15, 0.2) is 11.6 Å². The molecule has 15 heavy (non-hydrogen) atoms. The van der Waals surface area contributed by atoms with Gasteiger partial charge in [0.05, 0.1) is 6.20 Å². The second-order valence-corrected chi connectivity index (χ2v) is 3.33. The van der Waals surface area contributed by atoms with Gasteiger partial charge in [-0.2, -0.15) is 10.1 Å². The number of anilines is 3. The molecule has 2 aromatic rings. The summed E-state index contributed by atoms with van der Waals surface area (Å²) in [6, 6.07) is 1.80. The number of nitrogens with zero attached hydrogens (tertiary/aromatic N) is 4. The van der Waals surface area contributed by atoms with E-state index in [0.29, 0.717) is 16.7 Å². The molecule has 0 aliphatic heterocycles. The molecule has 2 rings (SSSR count). The SMILES string of the molecule is Cn1ccc(Nc2nc(N)ncc2Cl)n1. The summed E-state index contributed by atoms with van der Waals surface area (Å²) in [5.74, 6) is 1.26. The Kier molecular flexibility index (Phi) is 2.42. The molecule has 3 N–H and O–H groups in total. The summed E-state index contributed by atoms with van der Waals surface area (Å²) in [6.45, 7) is 0. The molecule has 0 amide bonds. The molecular formula is C8H9ClN6. The lowest BCUT2D eigenvalue weighted by Crippen LogP contribution is -2.01. The Hall–Kier alpha value is -1.82. The number of hydrogen-bond acceptors (Lipinski definition) is 5. The minimum absolute atomic E-state index is 0.165. The number of nitrogens with one attached hydrogen (secondary N) is 1. The van der Waals surface area contributed by atoms with Gasteiger partial charge in [0.2, 0.25) is 5.95 Å². The molecule has 0 radical (unpaired) electrons. The Bertz CT molecular complexity index is 480. The molecule has 0 aromatic carbocycles. The molecule has 2 aromatic heterocycles. The van der Waals surface area contributed by atoms with E-state index in [9.17, 15) is 0 Å². The molecular weight excluding hydrogens is 216 g/mol. The fraction of sp³-hybridized carbons (Fsp3) is 0.125. The topological polar surface area (TPSA) is 81.7 Å². The van der Waals surface area contributed by atoms with E-state index in [-0.39, 0.29) is 5.95 Å². The van der Waals surface area contributed by atoms with Gasteiger partial charge in [-0.15, -0.1) is 0 Å². The third kappa shape index (κ3) is 2.16. The first-order chi connectivity index (χ1) is 7.15. The maximum Gasteiger partial charge on any atom is 0.222 e. The highest BCUT2D eigenvalue weighted by Gasteiger charge is 2.05. The second-order valence-electron chi connectivity index (χ2n) is 2.92. The Morgan fingerprint density at radius 1 is 1.53 bits per heavy atom. The number of rotatable bonds is 2. The van der Waals surface area contributed by atoms with E-state index in [0.717, 1.165) is 0 Å². The van der Waals surface area contributed by atoms with Crippen LogP contribution in [0.25, 0.3) is 0 Å². The van der Waals surface area contributed by atoms with Crippen LogP contribution in [0.15, 0.2) is 18.5 Å². The average molecular weight is 225 g/mol. The molecule has 0 saturated carbocycles. The Labute approximate surface area is 91.1 Å². The fourth-order valence-corrected chi connectivity index (χ4v) is 1.21. The van der Waals surface area contributed by atoms with E-state index in [4.69, 9.17) is 17.3 Å². The highest BCUT2D eigenvalue weighted by molar-refractivity contribution is 6.32. The van der Waals surface area contributed by atoms with Crippen molar-refractivity contribution in [2.75, 3.05) is 11.1 Å². The smallest absolute Gasteiger partial charge is 0.222 e. The van der Waals surface area contributed by atoms with E-state index in [1.165, 1.54) is 6.20 Å². The summed E-state index contributed by atoms with van der Waals surface area (Å²) < 4.78 is 1.67. The van der Waals surface area contributed by atoms with Crippen LogP contribution in [0, 0.1) is 0 Å². The minimum atomic E-state index is 0.165. The summed E-state index contributed by atoms with van der Waals surface area (Å²) in [5.41, 5.74) is 5.44. The number of halogens is 1. The molecule has 0 unspecified atom stereocenters. The number of hydrogen-bond donors (Lipinski definition) is 2. The predicted octanol–water partition coefficient (Wildman–Crippen LogP) is 1.19. The van der Waals surface area contributed by atoms with E-state index >= 15 is 0 Å². The minimum Gasteiger partial charge on any atom is -0.368 e. The monoisotopic (exact) mass is 224 g/mol. The number of nitrogens with two attached hydrogens (primary N) is 1. The number of aryl methyl sites for hydroxylation is 1. The van der Waals surface area contributed by atoms with Crippen LogP contribution >= 0.6 is 11.6 Å². The zero-order chi connectivity index (χ0) is 10.8. The van der Waals surface area contributed by atoms with Crippen molar-refractivity contribution in [3.8, 4) is 0 Å². The molecule has 0 atom stereocenters. The van der Waals surface area contributed by atoms with Crippen LogP contribution in [0.5, 0.6) is 0 Å². The van der Waals surface area contributed by atoms with Gasteiger partial charge < -0.3 is 11.1 Å². The van der Waals surface area contributed by atoms with Gasteiger partial charge in [0.25, 0.3) is 0 Å². The molecule has 0 saturated heterocycles. The molecule has 7 heteroatoms. The molecule has 0 bridgehead atoms. The van der Waals surface area contributed by atoms with Crippen LogP contribution in [0.2, 0.25) is 5.02 Å². The summed E-state index contributed by atoms with van der Waals surface area (Å²) in [5, 5.41) is 7.46. The van der Waals surface area contributed by atoms with Crippen molar-refractivity contribution in [1.82, 2.24) is 19.7 Å². The largest absolute Gasteiger partial charge is 0.368 e. The van der Waals surface area contributed by atoms with Crippen molar-refractivity contribution in [1.29, 1.82) is 0 Å². The van der Waals surface area contributed by atoms with Gasteiger partial charge in [0.1, 0.15) is 5.02 Å². The van der Waals surface area contributed by atoms with Crippen molar-refractivity contribution in [2.45, 2.75) is 0 Å². The maximum absolute atomic E-state index is 5.88. The average Bonchev–Trinajstić information content (AvgIpc) is 2.58. The van der Waals surface area contributed by atoms with Crippen LogP contribution < -0.4 is 11.1 Å². The molecule has 0 aliphatic carbocycles. The van der Waals surface area contributed by atoms with E-state index < -0.39 is 0 Å². The van der Waals surface area contributed by atoms with E-state index in [1.54, 1.807) is 16.9 Å². The second kappa shape index (κ2) is 3.74. The van der Waals surface area contributed by atoms with Crippen molar-refractivity contribution in [2.24, 2.45) is 7.05 Å². The Balaban J connectivity index is 2.27. The normalized spacial score (nSPS) is 10.3. The van der Waals surface area contributed by atoms with Crippen LogP contribution in [-0.2, 0) is 7.05 Å². The first kappa shape index (κ1) is 9.72. The van der Waals surface area contributed by atoms with Crippen LogP contribution in [0.4, 0.5) is 17.6 Å². The summed E-state index contributed by atoms with van der Waals surface area (Å²) in [6.07, 6.45) is 3.25. The van der Waals surface area contributed by atoms with Gasteiger partial charge in [0, 0.05) is 19.3 Å². The standard InChI is InChI=1S/C8H9ClN6/c1-15-3-2-6(14-15)12-7-5(9)4-11-8(10)13-7/h2-4H,1H3,(H3,10,11,12,13,14). The Morgan fingerprint density at radius 2 is 2.33 bits per heavy atom. The highest BCUT2D eigenvalue weighted by Crippen LogP contribution is 2.21. The highest BCUT2D eigenvalue weighted by atomic mass is 35.5. The third-order valence-electron chi connectivity index (χ3n) is 1.72. The van der Waals surface area contributed by atoms with Crippen molar-refractivity contribution in [3.63, 3.8) is 0 Å². The first-order valence-electron chi connectivity index (χ1n) is 4.20. The van der Waals surface area contributed by atoms with E-state index in [1.807, 2.05) is 7.05 Å². The lowest BCUT2D eigenvalue weighted by molar-refractivity contribution is 0.771. The Morgan fingerprint density at radius 3 is 3.00 bits per heavy atom. The van der Waals surface area contributed by atoms with Gasteiger partial charge in [-0.05, 0) is 0 Å². The maximum atomic E-state index is 5.88. The lowest BCUT2D eigenvalue weighted by Gasteiger charge is -2.03. The number of nitrogen functional groups attached to an aromatic ring is 1. The van der Waals surface area contributed by atoms with Crippen molar-refractivity contribution < 1.29 is 0 Å². The van der Waals surface area contributed by atoms with Crippen LogP contribution in [-0.4, -0.2) is 19.7 Å². The molecule has 6 nitrogen and oxygen atoms in total. The van der Waals surface area contributed by atoms with Crippen molar-refractivity contribution >= 4 is 29.2 Å². The summed E-state index contributed by atoms with van der Waals surface area (Å²) >= 11 is 5.88. The number of aromatic nitrogens is 4. The quantitative estimate of drug-likeness (QED) is 0.801. The van der Waals surface area contributed by atoms with Gasteiger partial charge in [-0.25, -0.2) is 4.98 Å². The van der Waals surface area contributed by atoms with Gasteiger partial charge in [-0.1, -0.05) is 11.6 Å². The zero-order valence-corrected chi connectivity index (χ0v) is 8.73. The lowest BCUT2D eigenvalue weighted by atomic mass is 10.5. The van der Waals surface area contributed by atoms with Crippen LogP contribution in [0.3, 0.4) is 0 Å². The van der Waals surface area contributed by atoms with Gasteiger partial charge >= 0.3 is 0 Å². The van der Waals surface area contributed by atoms with Gasteiger partial charge in [-0.3, -0.25) is 4.68 Å². The first-order valence-corrected chi connectivity index (χ1v) is 4.57. The summed E-state index contributed by atoms with van der Waals surface area (Å²) in [7, 11) is 1.82. The predicted molar refractivity (Wildman–Crippen MR) is 57.9 cm³/mol. The molecule has 0 fully saturated rings.